The first-order valence-corrected chi connectivity index (χ1v) is 12.2. The van der Waals surface area contributed by atoms with E-state index in [0.29, 0.717) is 11.6 Å². The van der Waals surface area contributed by atoms with Crippen LogP contribution in [0.1, 0.15) is 62.6 Å². The van der Waals surface area contributed by atoms with Crippen molar-refractivity contribution in [3.05, 3.63) is 64.2 Å². The number of hydrogen-bond acceptors (Lipinski definition) is 7. The summed E-state index contributed by atoms with van der Waals surface area (Å²) in [5.41, 5.74) is -8.91. The molecule has 1 aliphatic carbocycles. The van der Waals surface area contributed by atoms with Crippen LogP contribution < -0.4 is 4.18 Å². The van der Waals surface area contributed by atoms with Crippen molar-refractivity contribution < 1.29 is 71.2 Å². The van der Waals surface area contributed by atoms with Crippen molar-refractivity contribution in [2.45, 2.75) is 43.0 Å². The van der Waals surface area contributed by atoms with Gasteiger partial charge in [-0.3, -0.25) is 0 Å². The highest BCUT2D eigenvalue weighted by Gasteiger charge is 2.50. The Morgan fingerprint density at radius 1 is 0.750 bits per heavy atom. The van der Waals surface area contributed by atoms with E-state index in [0.717, 1.165) is 39.5 Å². The summed E-state index contributed by atoms with van der Waals surface area (Å²) in [4.78, 5) is 22.4. The molecular weight excluding hydrogens is 591 g/mol. The van der Waals surface area contributed by atoms with E-state index in [1.54, 1.807) is 0 Å². The zero-order valence-electron chi connectivity index (χ0n) is 20.3. The Balaban J connectivity index is 0.000000285. The largest absolute Gasteiger partial charge is 0.534 e. The molecule has 0 aliphatic heterocycles. The highest BCUT2D eigenvalue weighted by Crippen LogP contribution is 2.43. The topological polar surface area (TPSA) is 96.0 Å². The zero-order chi connectivity index (χ0) is 30.7. The van der Waals surface area contributed by atoms with Gasteiger partial charge >= 0.3 is 39.9 Å². The predicted octanol–water partition coefficient (Wildman–Crippen LogP) is 6.48. The lowest BCUT2D eigenvalue weighted by atomic mass is 9.78. The van der Waals surface area contributed by atoms with Crippen LogP contribution in [0.25, 0.3) is 0 Å². The number of carbonyl (C=O) groups excluding carboxylic acids is 2. The van der Waals surface area contributed by atoms with E-state index < -0.39 is 62.4 Å². The summed E-state index contributed by atoms with van der Waals surface area (Å²) in [7, 11) is -4.27. The molecule has 0 aromatic heterocycles. The van der Waals surface area contributed by atoms with E-state index in [1.165, 1.54) is 12.1 Å². The number of halogens is 9. The summed E-state index contributed by atoms with van der Waals surface area (Å²) in [6, 6.07) is 4.71. The second-order valence-electron chi connectivity index (χ2n) is 8.10. The molecule has 17 heteroatoms. The molecule has 7 nitrogen and oxygen atoms in total. The van der Waals surface area contributed by atoms with Crippen LogP contribution in [0.4, 0.5) is 39.5 Å². The SMILES string of the molecule is COC(=O)c1ccc(C2CCC2)c(C(F)(F)F)c1.COC(=O)c1ccc(OS(=O)(=O)C(F)(F)F)c(C(F)(F)F)c1. The van der Waals surface area contributed by atoms with Crippen molar-refractivity contribution in [1.29, 1.82) is 0 Å². The fourth-order valence-corrected chi connectivity index (χ4v) is 3.83. The first-order chi connectivity index (χ1) is 18.2. The standard InChI is InChI=1S/C13H13F3O2.C10H6F6O5S/c1-18-12(17)9-5-6-10(8-3-2-4-8)11(7-9)13(14,15)16;1-20-8(17)5-2-3-7(6(4-5)9(11,12)13)21-22(18,19)10(14,15)16/h5-8H,2-4H2,1H3;2-4H,1H3. The quantitative estimate of drug-likeness (QED) is 0.166. The molecular formula is C23H19F9O7S. The number of carbonyl (C=O) groups is 2. The lowest BCUT2D eigenvalue weighted by molar-refractivity contribution is -0.139. The highest BCUT2D eigenvalue weighted by molar-refractivity contribution is 7.88. The summed E-state index contributed by atoms with van der Waals surface area (Å²) in [5.74, 6) is -3.60. The molecule has 0 heterocycles. The van der Waals surface area contributed by atoms with Gasteiger partial charge < -0.3 is 13.7 Å². The molecule has 0 bridgehead atoms. The molecule has 0 saturated heterocycles. The second kappa shape index (κ2) is 11.9. The van der Waals surface area contributed by atoms with Crippen molar-refractivity contribution in [2.75, 3.05) is 14.2 Å². The van der Waals surface area contributed by atoms with Gasteiger partial charge in [-0.25, -0.2) is 9.59 Å². The number of rotatable bonds is 5. The third-order valence-corrected chi connectivity index (χ3v) is 6.48. The van der Waals surface area contributed by atoms with Gasteiger partial charge in [-0.05, 0) is 54.7 Å². The van der Waals surface area contributed by atoms with Crippen LogP contribution in [0.2, 0.25) is 0 Å². The number of alkyl halides is 9. The number of esters is 2. The van der Waals surface area contributed by atoms with Crippen LogP contribution in [0.5, 0.6) is 5.75 Å². The zero-order valence-corrected chi connectivity index (χ0v) is 21.1. The molecule has 2 aromatic carbocycles. The van der Waals surface area contributed by atoms with E-state index in [9.17, 15) is 57.5 Å². The molecule has 0 amide bonds. The molecule has 3 rings (SSSR count). The van der Waals surface area contributed by atoms with Crippen LogP contribution in [-0.4, -0.2) is 40.1 Å². The molecule has 1 fully saturated rings. The molecule has 0 unspecified atom stereocenters. The Labute approximate surface area is 220 Å². The van der Waals surface area contributed by atoms with Gasteiger partial charge in [0.25, 0.3) is 0 Å². The predicted molar refractivity (Wildman–Crippen MR) is 118 cm³/mol. The van der Waals surface area contributed by atoms with Gasteiger partial charge in [0, 0.05) is 0 Å². The molecule has 40 heavy (non-hydrogen) atoms. The molecule has 0 atom stereocenters. The Morgan fingerprint density at radius 2 is 1.20 bits per heavy atom. The fourth-order valence-electron chi connectivity index (χ4n) is 3.36. The molecule has 1 aliphatic rings. The monoisotopic (exact) mass is 610 g/mol. The van der Waals surface area contributed by atoms with Gasteiger partial charge in [0.15, 0.2) is 5.75 Å². The van der Waals surface area contributed by atoms with Gasteiger partial charge in [0.2, 0.25) is 0 Å². The van der Waals surface area contributed by atoms with Gasteiger partial charge in [0.05, 0.1) is 30.9 Å². The summed E-state index contributed by atoms with van der Waals surface area (Å²) in [5, 5.41) is 0. The Hall–Kier alpha value is -3.50. The van der Waals surface area contributed by atoms with Crippen molar-refractivity contribution in [1.82, 2.24) is 0 Å². The maximum absolute atomic E-state index is 13.0. The third kappa shape index (κ3) is 7.79. The molecule has 0 N–H and O–H groups in total. The van der Waals surface area contributed by atoms with Gasteiger partial charge in [0.1, 0.15) is 5.56 Å². The van der Waals surface area contributed by atoms with Crippen LogP contribution in [0.3, 0.4) is 0 Å². The average Bonchev–Trinajstić information content (AvgIpc) is 2.80. The molecule has 1 saturated carbocycles. The van der Waals surface area contributed by atoms with Gasteiger partial charge in [-0.15, -0.1) is 0 Å². The normalized spacial score (nSPS) is 14.4. The minimum Gasteiger partial charge on any atom is -0.465 e. The first-order valence-electron chi connectivity index (χ1n) is 10.8. The minimum absolute atomic E-state index is 0.0340. The smallest absolute Gasteiger partial charge is 0.465 e. The Morgan fingerprint density at radius 3 is 1.57 bits per heavy atom. The van der Waals surface area contributed by atoms with Crippen molar-refractivity contribution in [2.24, 2.45) is 0 Å². The second-order valence-corrected chi connectivity index (χ2v) is 9.64. The first kappa shape index (κ1) is 32.7. The van der Waals surface area contributed by atoms with Crippen molar-refractivity contribution >= 4 is 22.1 Å². The fraction of sp³-hybridized carbons (Fsp3) is 0.391. The number of methoxy groups -OCH3 is 2. The van der Waals surface area contributed by atoms with Crippen molar-refractivity contribution in [3.8, 4) is 5.75 Å². The van der Waals surface area contributed by atoms with Crippen LogP contribution in [0, 0.1) is 0 Å². The lowest BCUT2D eigenvalue weighted by Gasteiger charge is -2.28. The Bertz CT molecular complexity index is 1340. The van der Waals surface area contributed by atoms with Crippen LogP contribution in [-0.2, 0) is 31.9 Å². The van der Waals surface area contributed by atoms with E-state index in [2.05, 4.69) is 13.7 Å². The lowest BCUT2D eigenvalue weighted by Crippen LogP contribution is -2.29. The summed E-state index contributed by atoms with van der Waals surface area (Å²) in [6.07, 6.45) is -7.18. The van der Waals surface area contributed by atoms with E-state index in [1.807, 2.05) is 0 Å². The number of ether oxygens (including phenoxy) is 2. The average molecular weight is 610 g/mol. The Kier molecular flexibility index (Phi) is 9.76. The van der Waals surface area contributed by atoms with E-state index >= 15 is 0 Å². The van der Waals surface area contributed by atoms with Gasteiger partial charge in [-0.2, -0.15) is 47.9 Å². The molecule has 0 radical (unpaired) electrons. The molecule has 2 aromatic rings. The van der Waals surface area contributed by atoms with Crippen molar-refractivity contribution in [3.63, 3.8) is 0 Å². The van der Waals surface area contributed by atoms with Crippen LogP contribution in [0.15, 0.2) is 36.4 Å². The third-order valence-electron chi connectivity index (χ3n) is 5.51. The van der Waals surface area contributed by atoms with E-state index in [4.69, 9.17) is 0 Å². The maximum atomic E-state index is 13.0. The number of benzene rings is 2. The summed E-state index contributed by atoms with van der Waals surface area (Å²) < 4.78 is 147. The van der Waals surface area contributed by atoms with Gasteiger partial charge in [-0.1, -0.05) is 12.5 Å². The maximum Gasteiger partial charge on any atom is 0.534 e. The summed E-state index contributed by atoms with van der Waals surface area (Å²) >= 11 is 0. The minimum atomic E-state index is -6.29. The molecule has 0 spiro atoms. The molecule has 222 valence electrons. The van der Waals surface area contributed by atoms with E-state index in [-0.39, 0.29) is 23.6 Å². The highest BCUT2D eigenvalue weighted by atomic mass is 32.2. The van der Waals surface area contributed by atoms with Crippen LogP contribution >= 0.6 is 0 Å². The number of hydrogen-bond donors (Lipinski definition) is 0. The summed E-state index contributed by atoms with van der Waals surface area (Å²) in [6.45, 7) is 0.